The van der Waals surface area contributed by atoms with Crippen LogP contribution in [0.1, 0.15) is 25.0 Å². The fraction of sp³-hybridized carbons (Fsp3) is 0.273. The van der Waals surface area contributed by atoms with Gasteiger partial charge in [0.05, 0.1) is 23.8 Å². The van der Waals surface area contributed by atoms with Crippen LogP contribution in [0, 0.1) is 6.92 Å². The first kappa shape index (κ1) is 20.0. The highest BCUT2D eigenvalue weighted by molar-refractivity contribution is 8.18. The third-order valence-electron chi connectivity index (χ3n) is 4.13. The Bertz CT molecular complexity index is 920. The third-order valence-corrected chi connectivity index (χ3v) is 5.19. The number of rotatable bonds is 6. The lowest BCUT2D eigenvalue weighted by atomic mass is 10.2. The predicted octanol–water partition coefficient (Wildman–Crippen LogP) is 5.03. The molecule has 0 N–H and O–H groups in total. The smallest absolute Gasteiger partial charge is 0.266 e. The molecule has 2 aromatic rings. The number of amidine groups is 1. The summed E-state index contributed by atoms with van der Waals surface area (Å²) in [6.07, 6.45) is 1.86. The summed E-state index contributed by atoms with van der Waals surface area (Å²) in [5.41, 5.74) is 2.88. The first-order chi connectivity index (χ1) is 13.5. The number of nitrogens with zero attached hydrogens (tertiary/aromatic N) is 2. The predicted molar refractivity (Wildman–Crippen MR) is 115 cm³/mol. The minimum atomic E-state index is -0.0669. The molecule has 28 heavy (non-hydrogen) atoms. The molecule has 0 unspecified atom stereocenters. The minimum absolute atomic E-state index is 0.0669. The molecule has 0 atom stereocenters. The summed E-state index contributed by atoms with van der Waals surface area (Å²) in [6, 6.07) is 13.6. The van der Waals surface area contributed by atoms with Crippen molar-refractivity contribution in [1.29, 1.82) is 0 Å². The van der Waals surface area contributed by atoms with Crippen LogP contribution < -0.4 is 9.47 Å². The van der Waals surface area contributed by atoms with Gasteiger partial charge in [0.1, 0.15) is 0 Å². The van der Waals surface area contributed by atoms with E-state index in [4.69, 9.17) is 9.47 Å². The van der Waals surface area contributed by atoms with Crippen LogP contribution in [-0.4, -0.2) is 36.2 Å². The average Bonchev–Trinajstić information content (AvgIpc) is 2.94. The molecule has 146 valence electrons. The zero-order valence-corrected chi connectivity index (χ0v) is 17.4. The Morgan fingerprint density at radius 3 is 2.39 bits per heavy atom. The summed E-state index contributed by atoms with van der Waals surface area (Å²) >= 11 is 1.37. The van der Waals surface area contributed by atoms with Gasteiger partial charge in [-0.1, -0.05) is 23.8 Å². The van der Waals surface area contributed by atoms with Crippen molar-refractivity contribution in [1.82, 2.24) is 4.90 Å². The summed E-state index contributed by atoms with van der Waals surface area (Å²) in [4.78, 5) is 19.5. The van der Waals surface area contributed by atoms with Gasteiger partial charge in [0, 0.05) is 7.05 Å². The van der Waals surface area contributed by atoms with Crippen molar-refractivity contribution in [3.8, 4) is 11.5 Å². The van der Waals surface area contributed by atoms with E-state index in [1.165, 1.54) is 17.3 Å². The topological polar surface area (TPSA) is 51.1 Å². The van der Waals surface area contributed by atoms with Gasteiger partial charge in [-0.15, -0.1) is 0 Å². The lowest BCUT2D eigenvalue weighted by molar-refractivity contribution is -0.121. The van der Waals surface area contributed by atoms with Crippen LogP contribution in [0.2, 0.25) is 0 Å². The van der Waals surface area contributed by atoms with E-state index in [1.54, 1.807) is 11.9 Å². The number of amides is 1. The van der Waals surface area contributed by atoms with Crippen LogP contribution >= 0.6 is 11.8 Å². The Labute approximate surface area is 170 Å². The maximum absolute atomic E-state index is 12.6. The molecule has 0 spiro atoms. The number of aliphatic imine (C=N–C) groups is 1. The molecule has 2 aromatic carbocycles. The lowest BCUT2D eigenvalue weighted by Gasteiger charge is -2.11. The van der Waals surface area contributed by atoms with Crippen molar-refractivity contribution in [2.45, 2.75) is 20.8 Å². The third kappa shape index (κ3) is 4.57. The molecule has 1 fully saturated rings. The Kier molecular flexibility index (Phi) is 6.41. The quantitative estimate of drug-likeness (QED) is 0.643. The maximum Gasteiger partial charge on any atom is 0.266 e. The molecule has 5 nitrogen and oxygen atoms in total. The van der Waals surface area contributed by atoms with Crippen molar-refractivity contribution >= 4 is 34.6 Å². The molecule has 0 saturated carbocycles. The monoisotopic (exact) mass is 396 g/mol. The Morgan fingerprint density at radius 2 is 1.71 bits per heavy atom. The van der Waals surface area contributed by atoms with Crippen molar-refractivity contribution in [2.75, 3.05) is 20.3 Å². The van der Waals surface area contributed by atoms with Gasteiger partial charge >= 0.3 is 0 Å². The van der Waals surface area contributed by atoms with Gasteiger partial charge in [-0.25, -0.2) is 4.99 Å². The Morgan fingerprint density at radius 1 is 1.04 bits per heavy atom. The average molecular weight is 397 g/mol. The summed E-state index contributed by atoms with van der Waals surface area (Å²) in [6.45, 7) is 7.01. The van der Waals surface area contributed by atoms with Crippen LogP contribution in [0.4, 0.5) is 5.69 Å². The zero-order valence-electron chi connectivity index (χ0n) is 16.6. The van der Waals surface area contributed by atoms with Gasteiger partial charge in [0.15, 0.2) is 16.7 Å². The van der Waals surface area contributed by atoms with Gasteiger partial charge in [-0.05, 0) is 68.4 Å². The van der Waals surface area contributed by atoms with E-state index >= 15 is 0 Å². The second-order valence-electron chi connectivity index (χ2n) is 6.28. The number of carbonyl (C=O) groups excluding carboxylic acids is 1. The van der Waals surface area contributed by atoms with Gasteiger partial charge in [-0.3, -0.25) is 9.69 Å². The van der Waals surface area contributed by atoms with Crippen molar-refractivity contribution in [3.63, 3.8) is 0 Å². The number of aryl methyl sites for hydroxylation is 1. The largest absolute Gasteiger partial charge is 0.490 e. The number of likely N-dealkylation sites (N-methyl/N-ethyl adjacent to an activating group) is 1. The fourth-order valence-corrected chi connectivity index (χ4v) is 3.68. The summed E-state index contributed by atoms with van der Waals surface area (Å²) in [5, 5.41) is 0.663. The van der Waals surface area contributed by atoms with Crippen molar-refractivity contribution in [2.24, 2.45) is 4.99 Å². The Hall–Kier alpha value is -2.73. The molecule has 1 aliphatic rings. The number of benzene rings is 2. The van der Waals surface area contributed by atoms with Gasteiger partial charge in [-0.2, -0.15) is 0 Å². The summed E-state index contributed by atoms with van der Waals surface area (Å²) in [7, 11) is 1.74. The molecule has 1 heterocycles. The molecular weight excluding hydrogens is 372 g/mol. The number of hydrogen-bond acceptors (Lipinski definition) is 5. The minimum Gasteiger partial charge on any atom is -0.490 e. The molecule has 1 amide bonds. The molecule has 6 heteroatoms. The molecular formula is C22H24N2O3S. The molecule has 3 rings (SSSR count). The maximum atomic E-state index is 12.6. The van der Waals surface area contributed by atoms with E-state index in [-0.39, 0.29) is 5.91 Å². The van der Waals surface area contributed by atoms with Crippen LogP contribution in [-0.2, 0) is 4.79 Å². The first-order valence-corrected chi connectivity index (χ1v) is 10.1. The van der Waals surface area contributed by atoms with Crippen LogP contribution in [0.3, 0.4) is 0 Å². The second-order valence-corrected chi connectivity index (χ2v) is 7.29. The summed E-state index contributed by atoms with van der Waals surface area (Å²) in [5.74, 6) is 1.31. The molecule has 0 bridgehead atoms. The van der Waals surface area contributed by atoms with E-state index in [0.29, 0.717) is 34.8 Å². The highest BCUT2D eigenvalue weighted by Gasteiger charge is 2.30. The standard InChI is InChI=1S/C22H24N2O3S/c1-5-26-18-12-9-16(13-19(18)27-6-2)14-20-21(25)24(4)22(28-20)23-17-10-7-15(3)8-11-17/h7-14H,5-6H2,1-4H3/b20-14+,23-22?. The van der Waals surface area contributed by atoms with Crippen molar-refractivity contribution < 1.29 is 14.3 Å². The second kappa shape index (κ2) is 8.97. The SMILES string of the molecule is CCOc1ccc(/C=C2/SC(=Nc3ccc(C)cc3)N(C)C2=O)cc1OCC. The van der Waals surface area contributed by atoms with Gasteiger partial charge in [0.2, 0.25) is 0 Å². The molecule has 0 aliphatic carbocycles. The van der Waals surface area contributed by atoms with Crippen LogP contribution in [0.25, 0.3) is 6.08 Å². The van der Waals surface area contributed by atoms with Gasteiger partial charge < -0.3 is 9.47 Å². The molecule has 0 aromatic heterocycles. The van der Waals surface area contributed by atoms with E-state index in [0.717, 1.165) is 11.3 Å². The number of thioether (sulfide) groups is 1. The van der Waals surface area contributed by atoms with E-state index in [9.17, 15) is 4.79 Å². The normalized spacial score (nSPS) is 16.9. The number of hydrogen-bond donors (Lipinski definition) is 0. The van der Waals surface area contributed by atoms with E-state index < -0.39 is 0 Å². The van der Waals surface area contributed by atoms with Gasteiger partial charge in [0.25, 0.3) is 5.91 Å². The number of ether oxygens (including phenoxy) is 2. The number of carbonyl (C=O) groups is 1. The van der Waals surface area contributed by atoms with E-state index in [1.807, 2.05) is 69.3 Å². The summed E-state index contributed by atoms with van der Waals surface area (Å²) < 4.78 is 11.3. The molecule has 1 aliphatic heterocycles. The highest BCUT2D eigenvalue weighted by Crippen LogP contribution is 2.35. The first-order valence-electron chi connectivity index (χ1n) is 9.24. The molecule has 1 saturated heterocycles. The lowest BCUT2D eigenvalue weighted by Crippen LogP contribution is -2.23. The van der Waals surface area contributed by atoms with Crippen molar-refractivity contribution in [3.05, 3.63) is 58.5 Å². The fourth-order valence-electron chi connectivity index (χ4n) is 2.69. The zero-order chi connectivity index (χ0) is 20.1. The Balaban J connectivity index is 1.87. The molecule has 0 radical (unpaired) electrons. The highest BCUT2D eigenvalue weighted by atomic mass is 32.2. The van der Waals surface area contributed by atoms with Crippen LogP contribution in [0.15, 0.2) is 52.4 Å². The van der Waals surface area contributed by atoms with Crippen LogP contribution in [0.5, 0.6) is 11.5 Å². The van der Waals surface area contributed by atoms with E-state index in [2.05, 4.69) is 4.99 Å².